The molecular formula is C17H18N2O8S2. The summed E-state index contributed by atoms with van der Waals surface area (Å²) >= 11 is 0.689. The van der Waals surface area contributed by atoms with Gasteiger partial charge in [-0.25, -0.2) is 18.0 Å². The van der Waals surface area contributed by atoms with Crippen LogP contribution in [0.1, 0.15) is 39.4 Å². The SMILES string of the molecule is CCOC(=O)c1sc(NS(=O)(=O)c2ccccc2[N+](=O)[O-])c(C(=O)OCC)c1C. The molecule has 0 unspecified atom stereocenters. The number of sulfonamides is 1. The maximum atomic E-state index is 12.8. The molecule has 1 heterocycles. The van der Waals surface area contributed by atoms with Crippen molar-refractivity contribution in [1.29, 1.82) is 0 Å². The molecule has 1 aromatic heterocycles. The van der Waals surface area contributed by atoms with E-state index in [-0.39, 0.29) is 34.2 Å². The highest BCUT2D eigenvalue weighted by atomic mass is 32.2. The molecule has 0 aliphatic rings. The molecule has 0 amide bonds. The fourth-order valence-electron chi connectivity index (χ4n) is 2.44. The van der Waals surface area contributed by atoms with Gasteiger partial charge < -0.3 is 9.47 Å². The lowest BCUT2D eigenvalue weighted by atomic mass is 10.1. The number of nitrogens with zero attached hydrogens (tertiary/aromatic N) is 1. The van der Waals surface area contributed by atoms with Gasteiger partial charge in [0.25, 0.3) is 15.7 Å². The van der Waals surface area contributed by atoms with Crippen LogP contribution in [0.2, 0.25) is 0 Å². The second kappa shape index (κ2) is 9.01. The molecule has 0 aliphatic carbocycles. The van der Waals surface area contributed by atoms with Crippen molar-refractivity contribution in [2.24, 2.45) is 0 Å². The second-order valence-corrected chi connectivity index (χ2v) is 8.20. The first-order valence-electron chi connectivity index (χ1n) is 8.37. The number of benzene rings is 1. The quantitative estimate of drug-likeness (QED) is 0.373. The first kappa shape index (κ1) is 22.3. The van der Waals surface area contributed by atoms with Crippen LogP contribution in [0.3, 0.4) is 0 Å². The van der Waals surface area contributed by atoms with Crippen molar-refractivity contribution in [3.05, 3.63) is 50.4 Å². The van der Waals surface area contributed by atoms with Crippen LogP contribution in [0.25, 0.3) is 0 Å². The van der Waals surface area contributed by atoms with Gasteiger partial charge in [0.15, 0.2) is 4.90 Å². The zero-order chi connectivity index (χ0) is 21.8. The van der Waals surface area contributed by atoms with Gasteiger partial charge in [0.1, 0.15) is 9.88 Å². The summed E-state index contributed by atoms with van der Waals surface area (Å²) in [5, 5.41) is 11.0. The Morgan fingerprint density at radius 3 is 2.31 bits per heavy atom. The average Bonchev–Trinajstić information content (AvgIpc) is 2.97. The lowest BCUT2D eigenvalue weighted by Gasteiger charge is -2.09. The first-order valence-corrected chi connectivity index (χ1v) is 10.7. The highest BCUT2D eigenvalue weighted by Crippen LogP contribution is 2.36. The van der Waals surface area contributed by atoms with Crippen LogP contribution in [-0.4, -0.2) is 38.5 Å². The van der Waals surface area contributed by atoms with Gasteiger partial charge >= 0.3 is 11.9 Å². The Morgan fingerprint density at radius 2 is 1.72 bits per heavy atom. The summed E-state index contributed by atoms with van der Waals surface area (Å²) in [5.41, 5.74) is -0.592. The van der Waals surface area contributed by atoms with Crippen molar-refractivity contribution in [2.45, 2.75) is 25.7 Å². The molecule has 0 saturated carbocycles. The third-order valence-corrected chi connectivity index (χ3v) is 6.38. The van der Waals surface area contributed by atoms with Gasteiger partial charge in [0.05, 0.1) is 23.7 Å². The number of hydrogen-bond acceptors (Lipinski definition) is 9. The van der Waals surface area contributed by atoms with Gasteiger partial charge in [-0.2, -0.15) is 0 Å². The molecule has 0 bridgehead atoms. The van der Waals surface area contributed by atoms with Crippen LogP contribution >= 0.6 is 11.3 Å². The van der Waals surface area contributed by atoms with Crippen molar-refractivity contribution < 1.29 is 32.4 Å². The summed E-state index contributed by atoms with van der Waals surface area (Å²) in [6.07, 6.45) is 0. The molecule has 0 aliphatic heterocycles. The molecule has 0 fully saturated rings. The van der Waals surface area contributed by atoms with Gasteiger partial charge in [-0.15, -0.1) is 11.3 Å². The van der Waals surface area contributed by atoms with E-state index in [9.17, 15) is 28.1 Å². The number of nitro benzene ring substituents is 1. The smallest absolute Gasteiger partial charge is 0.348 e. The van der Waals surface area contributed by atoms with Crippen LogP contribution in [0.5, 0.6) is 0 Å². The first-order chi connectivity index (χ1) is 13.6. The number of nitrogens with one attached hydrogen (secondary N) is 1. The summed E-state index contributed by atoms with van der Waals surface area (Å²) in [6.45, 7) is 4.74. The van der Waals surface area contributed by atoms with E-state index in [1.54, 1.807) is 13.8 Å². The summed E-state index contributed by atoms with van der Waals surface area (Å²) in [5.74, 6) is -1.56. The van der Waals surface area contributed by atoms with Crippen LogP contribution in [0, 0.1) is 17.0 Å². The molecule has 29 heavy (non-hydrogen) atoms. The van der Waals surface area contributed by atoms with Crippen molar-refractivity contribution in [1.82, 2.24) is 0 Å². The zero-order valence-corrected chi connectivity index (χ0v) is 17.4. The van der Waals surface area contributed by atoms with E-state index in [0.29, 0.717) is 11.3 Å². The summed E-state index contributed by atoms with van der Waals surface area (Å²) < 4.78 is 37.7. The Morgan fingerprint density at radius 1 is 1.14 bits per heavy atom. The van der Waals surface area contributed by atoms with E-state index in [0.717, 1.165) is 12.1 Å². The zero-order valence-electron chi connectivity index (χ0n) is 15.8. The molecule has 12 heteroatoms. The fourth-order valence-corrected chi connectivity index (χ4v) is 5.01. The number of carbonyl (C=O) groups is 2. The Labute approximate surface area is 170 Å². The number of anilines is 1. The topological polar surface area (TPSA) is 142 Å². The minimum atomic E-state index is -4.44. The Balaban J connectivity index is 2.59. The predicted molar refractivity (Wildman–Crippen MR) is 105 cm³/mol. The molecular weight excluding hydrogens is 424 g/mol. The van der Waals surface area contributed by atoms with E-state index in [2.05, 4.69) is 4.72 Å². The fraction of sp³-hybridized carbons (Fsp3) is 0.294. The minimum Gasteiger partial charge on any atom is -0.462 e. The summed E-state index contributed by atoms with van der Waals surface area (Å²) in [4.78, 5) is 34.3. The normalized spacial score (nSPS) is 11.0. The van der Waals surface area contributed by atoms with Crippen molar-refractivity contribution in [3.63, 3.8) is 0 Å². The van der Waals surface area contributed by atoms with E-state index < -0.39 is 37.5 Å². The molecule has 0 spiro atoms. The number of carbonyl (C=O) groups excluding carboxylic acids is 2. The van der Waals surface area contributed by atoms with Crippen molar-refractivity contribution in [3.8, 4) is 0 Å². The third kappa shape index (κ3) is 4.71. The molecule has 10 nitrogen and oxygen atoms in total. The standard InChI is InChI=1S/C17H18N2O8S2/c1-4-26-16(20)13-10(3)14(17(21)27-5-2)28-15(13)18-29(24,25)12-9-7-6-8-11(12)19(22)23/h6-9,18H,4-5H2,1-3H3. The highest BCUT2D eigenvalue weighted by molar-refractivity contribution is 7.93. The van der Waals surface area contributed by atoms with Crippen LogP contribution in [0.4, 0.5) is 10.7 Å². The van der Waals surface area contributed by atoms with Crippen LogP contribution in [-0.2, 0) is 19.5 Å². The number of ether oxygens (including phenoxy) is 2. The molecule has 2 rings (SSSR count). The van der Waals surface area contributed by atoms with Gasteiger partial charge in [-0.1, -0.05) is 12.1 Å². The molecule has 1 N–H and O–H groups in total. The van der Waals surface area contributed by atoms with Crippen LogP contribution < -0.4 is 4.72 Å². The van der Waals surface area contributed by atoms with E-state index in [1.165, 1.54) is 19.1 Å². The monoisotopic (exact) mass is 442 g/mol. The number of esters is 2. The average molecular weight is 442 g/mol. The Hall–Kier alpha value is -2.99. The van der Waals surface area contributed by atoms with Gasteiger partial charge in [-0.05, 0) is 32.4 Å². The summed E-state index contributed by atoms with van der Waals surface area (Å²) in [6, 6.07) is 4.77. The number of thiophene rings is 1. The van der Waals surface area contributed by atoms with Gasteiger partial charge in [-0.3, -0.25) is 14.8 Å². The van der Waals surface area contributed by atoms with E-state index in [1.807, 2.05) is 0 Å². The molecule has 0 saturated heterocycles. The Bertz CT molecular complexity index is 1060. The maximum absolute atomic E-state index is 12.8. The molecule has 0 atom stereocenters. The summed E-state index contributed by atoms with van der Waals surface area (Å²) in [7, 11) is -4.44. The van der Waals surface area contributed by atoms with Gasteiger partial charge in [0, 0.05) is 6.07 Å². The lowest BCUT2D eigenvalue weighted by Crippen LogP contribution is -2.16. The molecule has 2 aromatic rings. The minimum absolute atomic E-state index is 0.0233. The van der Waals surface area contributed by atoms with E-state index in [4.69, 9.17) is 9.47 Å². The highest BCUT2D eigenvalue weighted by Gasteiger charge is 2.31. The lowest BCUT2D eigenvalue weighted by molar-refractivity contribution is -0.387. The van der Waals surface area contributed by atoms with Crippen LogP contribution in [0.15, 0.2) is 29.2 Å². The maximum Gasteiger partial charge on any atom is 0.348 e. The number of rotatable bonds is 8. The number of nitro groups is 1. The number of hydrogen-bond donors (Lipinski definition) is 1. The van der Waals surface area contributed by atoms with E-state index >= 15 is 0 Å². The molecule has 0 radical (unpaired) electrons. The van der Waals surface area contributed by atoms with Crippen molar-refractivity contribution >= 4 is 44.0 Å². The Kier molecular flexibility index (Phi) is 6.93. The van der Waals surface area contributed by atoms with Gasteiger partial charge in [0.2, 0.25) is 0 Å². The largest absolute Gasteiger partial charge is 0.462 e. The van der Waals surface area contributed by atoms with Crippen molar-refractivity contribution in [2.75, 3.05) is 17.9 Å². The second-order valence-electron chi connectivity index (χ2n) is 5.53. The third-order valence-electron chi connectivity index (χ3n) is 3.67. The number of para-hydroxylation sites is 1. The molecule has 1 aromatic carbocycles. The predicted octanol–water partition coefficient (Wildman–Crippen LogP) is 3.12. The molecule has 156 valence electrons.